The van der Waals surface area contributed by atoms with Crippen molar-refractivity contribution in [3.8, 4) is 0 Å². The van der Waals surface area contributed by atoms with Gasteiger partial charge in [-0.3, -0.25) is 0 Å². The lowest BCUT2D eigenvalue weighted by Gasteiger charge is -2.24. The number of halogens is 2. The molecule has 2 aromatic carbocycles. The van der Waals surface area contributed by atoms with Gasteiger partial charge >= 0.3 is 0 Å². The van der Waals surface area contributed by atoms with E-state index >= 15 is 0 Å². The Morgan fingerprint density at radius 3 is 2.71 bits per heavy atom. The zero-order chi connectivity index (χ0) is 16.9. The molecule has 1 aliphatic heterocycles. The second kappa shape index (κ2) is 7.62. The third-order valence-electron chi connectivity index (χ3n) is 3.64. The topological polar surface area (TPSA) is 24.8 Å². The predicted octanol–water partition coefficient (Wildman–Crippen LogP) is 4.76. The monoisotopic (exact) mass is 388 g/mol. The number of rotatable bonds is 5. The molecule has 0 atom stereocenters. The molecule has 0 saturated carbocycles. The van der Waals surface area contributed by atoms with Crippen LogP contribution in [0.25, 0.3) is 0 Å². The molecule has 0 unspecified atom stereocenters. The van der Waals surface area contributed by atoms with Crippen LogP contribution in [0.1, 0.15) is 16.7 Å². The van der Waals surface area contributed by atoms with Gasteiger partial charge in [0.25, 0.3) is 0 Å². The van der Waals surface area contributed by atoms with Crippen LogP contribution >= 0.6 is 15.9 Å². The van der Waals surface area contributed by atoms with Gasteiger partial charge in [0.15, 0.2) is 0 Å². The Kier molecular flexibility index (Phi) is 5.30. The van der Waals surface area contributed by atoms with Gasteiger partial charge in [0.1, 0.15) is 12.4 Å². The smallest absolute Gasteiger partial charge is 0.227 e. The molecule has 0 spiro atoms. The van der Waals surface area contributed by atoms with Crippen LogP contribution in [0.15, 0.2) is 63.9 Å². The van der Waals surface area contributed by atoms with Crippen LogP contribution in [-0.2, 0) is 17.9 Å². The van der Waals surface area contributed by atoms with Crippen LogP contribution in [0.3, 0.4) is 0 Å². The Labute approximate surface area is 149 Å². The second-order valence-electron chi connectivity index (χ2n) is 5.77. The SMILES string of the molecule is Cc1cccc(COC2=C(Br)CN(Cc3cccc(F)c3)C=N2)c1. The molecule has 0 aromatic heterocycles. The van der Waals surface area contributed by atoms with Gasteiger partial charge in [0.2, 0.25) is 5.88 Å². The summed E-state index contributed by atoms with van der Waals surface area (Å²) in [6.45, 7) is 3.78. The largest absolute Gasteiger partial charge is 0.472 e. The summed E-state index contributed by atoms with van der Waals surface area (Å²) >= 11 is 3.54. The highest BCUT2D eigenvalue weighted by atomic mass is 79.9. The van der Waals surface area contributed by atoms with Crippen LogP contribution in [0, 0.1) is 12.7 Å². The molecule has 3 rings (SSSR count). The second-order valence-corrected chi connectivity index (χ2v) is 6.72. The molecule has 0 saturated heterocycles. The quantitative estimate of drug-likeness (QED) is 0.737. The number of hydrogen-bond acceptors (Lipinski definition) is 3. The molecule has 3 nitrogen and oxygen atoms in total. The predicted molar refractivity (Wildman–Crippen MR) is 97.2 cm³/mol. The molecule has 124 valence electrons. The molecule has 1 aliphatic rings. The lowest BCUT2D eigenvalue weighted by molar-refractivity contribution is 0.191. The summed E-state index contributed by atoms with van der Waals surface area (Å²) in [5.74, 6) is 0.366. The van der Waals surface area contributed by atoms with E-state index in [1.54, 1.807) is 12.4 Å². The van der Waals surface area contributed by atoms with Gasteiger partial charge in [-0.25, -0.2) is 9.38 Å². The van der Waals surface area contributed by atoms with Crippen molar-refractivity contribution in [2.24, 2.45) is 4.99 Å². The highest BCUT2D eigenvalue weighted by Gasteiger charge is 2.15. The lowest BCUT2D eigenvalue weighted by Crippen LogP contribution is -2.26. The summed E-state index contributed by atoms with van der Waals surface area (Å²) in [7, 11) is 0. The first-order chi connectivity index (χ1) is 11.6. The van der Waals surface area contributed by atoms with Crippen molar-refractivity contribution in [1.29, 1.82) is 0 Å². The maximum atomic E-state index is 13.3. The van der Waals surface area contributed by atoms with Gasteiger partial charge in [0, 0.05) is 6.54 Å². The van der Waals surface area contributed by atoms with Crippen LogP contribution in [0.5, 0.6) is 0 Å². The van der Waals surface area contributed by atoms with Gasteiger partial charge in [-0.1, -0.05) is 42.0 Å². The van der Waals surface area contributed by atoms with Crippen molar-refractivity contribution in [2.45, 2.75) is 20.1 Å². The lowest BCUT2D eigenvalue weighted by atomic mass is 10.1. The van der Waals surface area contributed by atoms with Crippen molar-refractivity contribution >= 4 is 22.3 Å². The zero-order valence-corrected chi connectivity index (χ0v) is 15.0. The summed E-state index contributed by atoms with van der Waals surface area (Å²) in [4.78, 5) is 6.36. The van der Waals surface area contributed by atoms with E-state index in [1.807, 2.05) is 23.1 Å². The summed E-state index contributed by atoms with van der Waals surface area (Å²) in [5, 5.41) is 0. The third kappa shape index (κ3) is 4.45. The van der Waals surface area contributed by atoms with E-state index in [9.17, 15) is 4.39 Å². The van der Waals surface area contributed by atoms with Crippen LogP contribution in [0.2, 0.25) is 0 Å². The van der Waals surface area contributed by atoms with E-state index in [1.165, 1.54) is 17.7 Å². The van der Waals surface area contributed by atoms with Crippen LogP contribution in [-0.4, -0.2) is 17.8 Å². The molecule has 0 bridgehead atoms. The summed E-state index contributed by atoms with van der Waals surface area (Å²) < 4.78 is 19.9. The van der Waals surface area contributed by atoms with Gasteiger partial charge in [-0.05, 0) is 46.1 Å². The van der Waals surface area contributed by atoms with Gasteiger partial charge in [0.05, 0.1) is 17.4 Å². The molecular weight excluding hydrogens is 371 g/mol. The molecule has 0 radical (unpaired) electrons. The number of nitrogens with zero attached hydrogens (tertiary/aromatic N) is 2. The molecule has 0 aliphatic carbocycles. The highest BCUT2D eigenvalue weighted by Crippen LogP contribution is 2.22. The molecule has 0 fully saturated rings. The number of aliphatic imine (C=N–C) groups is 1. The minimum Gasteiger partial charge on any atom is -0.472 e. The Morgan fingerprint density at radius 2 is 1.96 bits per heavy atom. The van der Waals surface area contributed by atoms with E-state index in [-0.39, 0.29) is 5.82 Å². The van der Waals surface area contributed by atoms with Crippen molar-refractivity contribution in [3.05, 3.63) is 81.4 Å². The standard InChI is InChI=1S/C19H18BrFN2O/c1-14-4-2-6-16(8-14)12-24-19-18(20)11-23(13-22-19)10-15-5-3-7-17(21)9-15/h2-9,13H,10-12H2,1H3. The minimum absolute atomic E-state index is 0.224. The number of aryl methyl sites for hydroxylation is 1. The molecular formula is C19H18BrFN2O. The first kappa shape index (κ1) is 16.7. The van der Waals surface area contributed by atoms with Gasteiger partial charge in [-0.15, -0.1) is 0 Å². The maximum Gasteiger partial charge on any atom is 0.227 e. The average Bonchev–Trinajstić information content (AvgIpc) is 2.54. The van der Waals surface area contributed by atoms with Crippen molar-refractivity contribution in [2.75, 3.05) is 6.54 Å². The minimum atomic E-state index is -0.224. The highest BCUT2D eigenvalue weighted by molar-refractivity contribution is 9.11. The Morgan fingerprint density at radius 1 is 1.17 bits per heavy atom. The first-order valence-electron chi connectivity index (χ1n) is 7.70. The van der Waals surface area contributed by atoms with E-state index < -0.39 is 0 Å². The van der Waals surface area contributed by atoms with Crippen LogP contribution in [0.4, 0.5) is 4.39 Å². The van der Waals surface area contributed by atoms with Gasteiger partial charge in [-0.2, -0.15) is 0 Å². The Balaban J connectivity index is 1.59. The summed E-state index contributed by atoms with van der Waals surface area (Å²) in [6.07, 6.45) is 1.74. The fourth-order valence-corrected chi connectivity index (χ4v) is 3.07. The van der Waals surface area contributed by atoms with Gasteiger partial charge < -0.3 is 9.64 Å². The average molecular weight is 389 g/mol. The number of ether oxygens (including phenoxy) is 1. The molecule has 0 amide bonds. The Hall–Kier alpha value is -2.14. The first-order valence-corrected chi connectivity index (χ1v) is 8.49. The van der Waals surface area contributed by atoms with E-state index in [4.69, 9.17) is 4.74 Å². The fraction of sp³-hybridized carbons (Fsp3) is 0.211. The van der Waals surface area contributed by atoms with Crippen molar-refractivity contribution in [1.82, 2.24) is 4.90 Å². The summed E-state index contributed by atoms with van der Waals surface area (Å²) in [6, 6.07) is 14.8. The fourth-order valence-electron chi connectivity index (χ4n) is 2.53. The van der Waals surface area contributed by atoms with E-state index in [0.29, 0.717) is 25.6 Å². The molecule has 5 heteroatoms. The van der Waals surface area contributed by atoms with E-state index in [0.717, 1.165) is 15.6 Å². The number of benzene rings is 2. The van der Waals surface area contributed by atoms with Crippen molar-refractivity contribution in [3.63, 3.8) is 0 Å². The zero-order valence-electron chi connectivity index (χ0n) is 13.4. The molecule has 2 aromatic rings. The van der Waals surface area contributed by atoms with Crippen molar-refractivity contribution < 1.29 is 9.13 Å². The van der Waals surface area contributed by atoms with Crippen LogP contribution < -0.4 is 0 Å². The summed E-state index contributed by atoms with van der Waals surface area (Å²) in [5.41, 5.74) is 3.23. The Bertz CT molecular complexity index is 788. The number of hydrogen-bond donors (Lipinski definition) is 0. The third-order valence-corrected chi connectivity index (χ3v) is 4.23. The molecule has 24 heavy (non-hydrogen) atoms. The normalized spacial score (nSPS) is 14.2. The molecule has 0 N–H and O–H groups in total. The molecule has 1 heterocycles. The van der Waals surface area contributed by atoms with E-state index in [2.05, 4.69) is 40.0 Å². The maximum absolute atomic E-state index is 13.3.